The van der Waals surface area contributed by atoms with Crippen molar-refractivity contribution < 1.29 is 23.9 Å². The Bertz CT molecular complexity index is 676. The molecule has 1 heterocycles. The van der Waals surface area contributed by atoms with E-state index < -0.39 is 30.0 Å². The molecular formula is C21H30N2O5. The fourth-order valence-electron chi connectivity index (χ4n) is 6.48. The molecule has 0 aromatic rings. The van der Waals surface area contributed by atoms with Gasteiger partial charge in [0.2, 0.25) is 0 Å². The molecule has 7 heteroatoms. The maximum atomic E-state index is 12.9. The number of rotatable bonds is 7. The number of nitrogens with zero attached hydrogens (tertiary/aromatic N) is 1. The Morgan fingerprint density at radius 1 is 1.04 bits per heavy atom. The van der Waals surface area contributed by atoms with Gasteiger partial charge in [0, 0.05) is 5.41 Å². The number of hydrogen-bond acceptors (Lipinski definition) is 5. The molecule has 0 unspecified atom stereocenters. The molecular weight excluding hydrogens is 360 g/mol. The number of nitrogens with one attached hydrogen (secondary N) is 1. The highest BCUT2D eigenvalue weighted by atomic mass is 16.5. The molecule has 154 valence electrons. The van der Waals surface area contributed by atoms with E-state index in [1.54, 1.807) is 0 Å². The van der Waals surface area contributed by atoms with E-state index in [0.717, 1.165) is 24.2 Å². The van der Waals surface area contributed by atoms with E-state index in [9.17, 15) is 19.2 Å². The lowest BCUT2D eigenvalue weighted by molar-refractivity contribution is -0.158. The quantitative estimate of drug-likeness (QED) is 0.532. The van der Waals surface area contributed by atoms with Crippen molar-refractivity contribution in [2.75, 3.05) is 13.2 Å². The van der Waals surface area contributed by atoms with Crippen molar-refractivity contribution in [2.45, 2.75) is 70.8 Å². The minimum atomic E-state index is -0.938. The smallest absolute Gasteiger partial charge is 0.326 e. The zero-order chi connectivity index (χ0) is 20.1. The number of Topliss-reactive ketones (excluding diaryl/α,β-unsaturated/α-hetero) is 1. The van der Waals surface area contributed by atoms with Gasteiger partial charge in [0.05, 0.1) is 0 Å². The van der Waals surface area contributed by atoms with Gasteiger partial charge >= 0.3 is 12.0 Å². The molecule has 4 aliphatic carbocycles. The van der Waals surface area contributed by atoms with Gasteiger partial charge in [-0.1, -0.05) is 13.8 Å². The number of imide groups is 1. The van der Waals surface area contributed by atoms with Crippen molar-refractivity contribution in [2.24, 2.45) is 23.2 Å². The summed E-state index contributed by atoms with van der Waals surface area (Å²) < 4.78 is 5.23. The van der Waals surface area contributed by atoms with Gasteiger partial charge in [-0.3, -0.25) is 19.3 Å². The predicted molar refractivity (Wildman–Crippen MR) is 100 cm³/mol. The summed E-state index contributed by atoms with van der Waals surface area (Å²) in [5.74, 6) is 0.860. The van der Waals surface area contributed by atoms with Crippen LogP contribution >= 0.6 is 0 Å². The average Bonchev–Trinajstić information content (AvgIpc) is 2.89. The minimum Gasteiger partial charge on any atom is -0.456 e. The van der Waals surface area contributed by atoms with Crippen LogP contribution in [0.15, 0.2) is 0 Å². The molecule has 0 spiro atoms. The molecule has 0 atom stereocenters. The minimum absolute atomic E-state index is 0.0219. The van der Waals surface area contributed by atoms with Crippen molar-refractivity contribution >= 4 is 23.7 Å². The summed E-state index contributed by atoms with van der Waals surface area (Å²) in [6.45, 7) is 2.96. The Balaban J connectivity index is 1.33. The van der Waals surface area contributed by atoms with Crippen LogP contribution in [0.4, 0.5) is 4.79 Å². The van der Waals surface area contributed by atoms with Gasteiger partial charge in [0.25, 0.3) is 5.91 Å². The van der Waals surface area contributed by atoms with Crippen molar-refractivity contribution in [1.82, 2.24) is 10.2 Å². The first kappa shape index (κ1) is 19.4. The van der Waals surface area contributed by atoms with Crippen LogP contribution in [0.1, 0.15) is 65.2 Å². The van der Waals surface area contributed by atoms with Crippen LogP contribution in [0.25, 0.3) is 0 Å². The summed E-state index contributed by atoms with van der Waals surface area (Å²) in [6.07, 6.45) is 7.45. The fourth-order valence-corrected chi connectivity index (χ4v) is 6.48. The lowest BCUT2D eigenvalue weighted by Crippen LogP contribution is -2.51. The first-order valence-electron chi connectivity index (χ1n) is 10.6. The highest BCUT2D eigenvalue weighted by molar-refractivity contribution is 6.08. The zero-order valence-corrected chi connectivity index (χ0v) is 16.8. The number of hydrogen-bond donors (Lipinski definition) is 1. The Hall–Kier alpha value is -1.92. The van der Waals surface area contributed by atoms with Crippen molar-refractivity contribution in [3.8, 4) is 0 Å². The summed E-state index contributed by atoms with van der Waals surface area (Å²) in [6, 6.07) is -0.571. The van der Waals surface area contributed by atoms with E-state index in [2.05, 4.69) is 5.32 Å². The fraction of sp³-hybridized carbons (Fsp3) is 0.810. The van der Waals surface area contributed by atoms with Crippen LogP contribution in [-0.4, -0.2) is 47.3 Å². The molecule has 4 bridgehead atoms. The van der Waals surface area contributed by atoms with E-state index in [-0.39, 0.29) is 17.8 Å². The lowest BCUT2D eigenvalue weighted by atomic mass is 9.48. The van der Waals surface area contributed by atoms with Crippen LogP contribution in [-0.2, 0) is 19.1 Å². The third-order valence-corrected chi connectivity index (χ3v) is 7.73. The van der Waals surface area contributed by atoms with Crippen molar-refractivity contribution in [3.05, 3.63) is 0 Å². The average molecular weight is 390 g/mol. The van der Waals surface area contributed by atoms with E-state index in [4.69, 9.17) is 4.74 Å². The monoisotopic (exact) mass is 390 g/mol. The largest absolute Gasteiger partial charge is 0.456 e. The highest BCUT2D eigenvalue weighted by Crippen LogP contribution is 2.60. The summed E-state index contributed by atoms with van der Waals surface area (Å²) in [4.78, 5) is 50.8. The summed E-state index contributed by atoms with van der Waals surface area (Å²) in [7, 11) is 0. The second-order valence-electron chi connectivity index (χ2n) is 9.39. The van der Waals surface area contributed by atoms with Crippen molar-refractivity contribution in [3.63, 3.8) is 0 Å². The van der Waals surface area contributed by atoms with E-state index in [1.165, 1.54) is 19.3 Å². The Kier molecular flexibility index (Phi) is 4.74. The van der Waals surface area contributed by atoms with Crippen LogP contribution in [0, 0.1) is 23.2 Å². The molecule has 4 saturated carbocycles. The lowest BCUT2D eigenvalue weighted by Gasteiger charge is -2.55. The van der Waals surface area contributed by atoms with Crippen molar-refractivity contribution in [1.29, 1.82) is 0 Å². The highest BCUT2D eigenvalue weighted by Gasteiger charge is 2.54. The number of urea groups is 1. The zero-order valence-electron chi connectivity index (χ0n) is 16.8. The summed E-state index contributed by atoms with van der Waals surface area (Å²) in [5.41, 5.74) is -1.25. The van der Waals surface area contributed by atoms with Crippen LogP contribution in [0.5, 0.6) is 0 Å². The van der Waals surface area contributed by atoms with Gasteiger partial charge in [-0.15, -0.1) is 0 Å². The molecule has 1 saturated heterocycles. The molecule has 5 rings (SSSR count). The van der Waals surface area contributed by atoms with E-state index >= 15 is 0 Å². The molecule has 5 aliphatic rings. The Morgan fingerprint density at radius 2 is 1.57 bits per heavy atom. The molecule has 1 aliphatic heterocycles. The maximum Gasteiger partial charge on any atom is 0.326 e. The number of esters is 1. The maximum absolute atomic E-state index is 12.9. The third-order valence-electron chi connectivity index (χ3n) is 7.73. The first-order valence-corrected chi connectivity index (χ1v) is 10.6. The van der Waals surface area contributed by atoms with Gasteiger partial charge in [-0.05, 0) is 69.1 Å². The standard InChI is InChI=1S/C21H30N2O5/c1-3-21(4-2)18(26)23(19(27)22-21)11-17(25)28-12-16(24)20-8-13-5-14(9-20)7-15(6-13)10-20/h13-15H,3-12H2,1-2H3,(H,22,27). The number of carbonyl (C=O) groups is 4. The van der Waals surface area contributed by atoms with Crippen LogP contribution < -0.4 is 5.32 Å². The number of ether oxygens (including phenoxy) is 1. The van der Waals surface area contributed by atoms with Gasteiger partial charge < -0.3 is 10.1 Å². The molecule has 28 heavy (non-hydrogen) atoms. The number of amides is 3. The number of carbonyl (C=O) groups excluding carboxylic acids is 4. The molecule has 0 aromatic heterocycles. The predicted octanol–water partition coefficient (Wildman–Crippen LogP) is 2.43. The van der Waals surface area contributed by atoms with Gasteiger partial charge in [0.1, 0.15) is 12.1 Å². The van der Waals surface area contributed by atoms with Crippen LogP contribution in [0.2, 0.25) is 0 Å². The molecule has 5 fully saturated rings. The molecule has 0 radical (unpaired) electrons. The number of ketones is 1. The summed E-state index contributed by atoms with van der Waals surface area (Å²) in [5, 5.41) is 2.69. The third kappa shape index (κ3) is 3.03. The molecule has 7 nitrogen and oxygen atoms in total. The SMILES string of the molecule is CCC1(CC)NC(=O)N(CC(=O)OCC(=O)C23CC4CC(CC(C4)C2)C3)C1=O. The molecule has 3 amide bonds. The topological polar surface area (TPSA) is 92.8 Å². The Labute approximate surface area is 165 Å². The first-order chi connectivity index (χ1) is 13.3. The second-order valence-corrected chi connectivity index (χ2v) is 9.39. The van der Waals surface area contributed by atoms with Gasteiger partial charge in [0.15, 0.2) is 12.4 Å². The van der Waals surface area contributed by atoms with Gasteiger partial charge in [-0.25, -0.2) is 4.79 Å². The van der Waals surface area contributed by atoms with E-state index in [0.29, 0.717) is 30.6 Å². The molecule has 1 N–H and O–H groups in total. The second kappa shape index (κ2) is 6.85. The normalized spacial score (nSPS) is 35.2. The Morgan fingerprint density at radius 3 is 2.04 bits per heavy atom. The van der Waals surface area contributed by atoms with Crippen LogP contribution in [0.3, 0.4) is 0 Å². The molecule has 0 aromatic carbocycles. The van der Waals surface area contributed by atoms with E-state index in [1.807, 2.05) is 13.8 Å². The summed E-state index contributed by atoms with van der Waals surface area (Å²) >= 11 is 0. The van der Waals surface area contributed by atoms with Gasteiger partial charge in [-0.2, -0.15) is 0 Å².